The summed E-state index contributed by atoms with van der Waals surface area (Å²) in [6.45, 7) is 4.63. The maximum absolute atomic E-state index is 2.33. The molecule has 90 valence electrons. The second-order valence-electron chi connectivity index (χ2n) is 5.44. The van der Waals surface area contributed by atoms with Gasteiger partial charge in [-0.25, -0.2) is 0 Å². The molecular weight excluding hydrogens is 180 g/mol. The lowest BCUT2D eigenvalue weighted by Gasteiger charge is -2.34. The van der Waals surface area contributed by atoms with Gasteiger partial charge in [-0.3, -0.25) is 0 Å². The summed E-state index contributed by atoms with van der Waals surface area (Å²) in [7, 11) is 0. The third kappa shape index (κ3) is 5.04. The van der Waals surface area contributed by atoms with Gasteiger partial charge in [0.25, 0.3) is 0 Å². The molecule has 1 aliphatic carbocycles. The average molecular weight is 210 g/mol. The van der Waals surface area contributed by atoms with Crippen LogP contribution in [0, 0.1) is 11.8 Å². The van der Waals surface area contributed by atoms with Crippen LogP contribution in [0.25, 0.3) is 0 Å². The van der Waals surface area contributed by atoms with Gasteiger partial charge in [0, 0.05) is 0 Å². The van der Waals surface area contributed by atoms with E-state index in [-0.39, 0.29) is 0 Å². The van der Waals surface area contributed by atoms with E-state index in [2.05, 4.69) is 13.8 Å². The van der Waals surface area contributed by atoms with Gasteiger partial charge in [0.2, 0.25) is 0 Å². The van der Waals surface area contributed by atoms with Crippen molar-refractivity contribution < 1.29 is 0 Å². The smallest absolute Gasteiger partial charge is 0.0386 e. The molecule has 1 unspecified atom stereocenters. The number of hydrogen-bond acceptors (Lipinski definition) is 0. The van der Waals surface area contributed by atoms with Crippen LogP contribution in [0.15, 0.2) is 0 Å². The summed E-state index contributed by atoms with van der Waals surface area (Å²) in [5, 5.41) is 0. The Labute approximate surface area is 96.8 Å². The molecule has 0 aromatic heterocycles. The minimum absolute atomic E-state index is 1.09. The van der Waals surface area contributed by atoms with Gasteiger partial charge in [-0.15, -0.1) is 0 Å². The highest BCUT2D eigenvalue weighted by Crippen LogP contribution is 2.38. The van der Waals surface area contributed by atoms with Crippen LogP contribution >= 0.6 is 0 Å². The molecule has 15 heavy (non-hydrogen) atoms. The largest absolute Gasteiger partial charge is 0.0654 e. The molecule has 1 aliphatic rings. The highest BCUT2D eigenvalue weighted by atomic mass is 14.3. The summed E-state index contributed by atoms with van der Waals surface area (Å²) in [6.07, 6.45) is 16.3. The van der Waals surface area contributed by atoms with Crippen LogP contribution in [0.5, 0.6) is 0 Å². The minimum atomic E-state index is 1.09. The molecule has 0 spiro atoms. The van der Waals surface area contributed by atoms with E-state index in [4.69, 9.17) is 0 Å². The Bertz CT molecular complexity index is 135. The normalized spacial score (nSPS) is 18.8. The fourth-order valence-electron chi connectivity index (χ4n) is 2.83. The van der Waals surface area contributed by atoms with Crippen molar-refractivity contribution in [2.45, 2.75) is 84.5 Å². The van der Waals surface area contributed by atoms with E-state index in [1.165, 1.54) is 57.8 Å². The maximum atomic E-state index is 2.33. The molecule has 0 radical (unpaired) electrons. The summed E-state index contributed by atoms with van der Waals surface area (Å²) < 4.78 is 0. The summed E-state index contributed by atoms with van der Waals surface area (Å²) in [4.78, 5) is 0. The lowest BCUT2D eigenvalue weighted by Crippen LogP contribution is -2.22. The van der Waals surface area contributed by atoms with Crippen molar-refractivity contribution in [2.75, 3.05) is 0 Å². The zero-order valence-electron chi connectivity index (χ0n) is 10.9. The third-order valence-electron chi connectivity index (χ3n) is 4.17. The monoisotopic (exact) mass is 210 g/mol. The molecule has 0 bridgehead atoms. The first kappa shape index (κ1) is 13.1. The lowest BCUT2D eigenvalue weighted by atomic mass is 9.72. The molecule has 0 saturated heterocycles. The summed E-state index contributed by atoms with van der Waals surface area (Å²) in [6, 6.07) is 0. The number of hydrogen-bond donors (Lipinski definition) is 0. The van der Waals surface area contributed by atoms with Crippen LogP contribution in [0.3, 0.4) is 0 Å². The van der Waals surface area contributed by atoms with Gasteiger partial charge in [-0.05, 0) is 11.8 Å². The highest BCUT2D eigenvalue weighted by Gasteiger charge is 2.25. The van der Waals surface area contributed by atoms with Gasteiger partial charge in [0.1, 0.15) is 0 Å². The first-order chi connectivity index (χ1) is 7.38. The van der Waals surface area contributed by atoms with Crippen molar-refractivity contribution in [1.82, 2.24) is 0 Å². The van der Waals surface area contributed by atoms with Crippen molar-refractivity contribution in [3.8, 4) is 0 Å². The first-order valence-corrected chi connectivity index (χ1v) is 7.38. The topological polar surface area (TPSA) is 0 Å². The lowest BCUT2D eigenvalue weighted by molar-refractivity contribution is 0.179. The average Bonchev–Trinajstić information content (AvgIpc) is 2.17. The molecule has 0 heterocycles. The molecular formula is C15H30. The van der Waals surface area contributed by atoms with E-state index in [0.717, 1.165) is 11.8 Å². The van der Waals surface area contributed by atoms with Crippen LogP contribution in [0.4, 0.5) is 0 Å². The Morgan fingerprint density at radius 1 is 0.867 bits per heavy atom. The van der Waals surface area contributed by atoms with E-state index >= 15 is 0 Å². The second kappa shape index (κ2) is 8.19. The van der Waals surface area contributed by atoms with Crippen molar-refractivity contribution in [1.29, 1.82) is 0 Å². The quantitative estimate of drug-likeness (QED) is 0.437. The minimum Gasteiger partial charge on any atom is -0.0654 e. The molecule has 0 nitrogen and oxygen atoms in total. The van der Waals surface area contributed by atoms with Gasteiger partial charge in [-0.1, -0.05) is 84.5 Å². The van der Waals surface area contributed by atoms with Crippen LogP contribution in [-0.4, -0.2) is 0 Å². The molecule has 0 aliphatic heterocycles. The van der Waals surface area contributed by atoms with E-state index in [9.17, 15) is 0 Å². The third-order valence-corrected chi connectivity index (χ3v) is 4.17. The predicted octanol–water partition coefficient (Wildman–Crippen LogP) is 5.56. The van der Waals surface area contributed by atoms with Gasteiger partial charge < -0.3 is 0 Å². The Hall–Kier alpha value is 0. The Morgan fingerprint density at radius 3 is 2.07 bits per heavy atom. The number of rotatable bonds is 9. The standard InChI is InChI=1S/C15H30/c1-3-5-7-8-11-14(10-6-4-2)15-12-9-13-15/h14-15H,3-13H2,1-2H3. The highest BCUT2D eigenvalue weighted by molar-refractivity contribution is 4.77. The van der Waals surface area contributed by atoms with Crippen molar-refractivity contribution in [3.63, 3.8) is 0 Å². The Kier molecular flexibility index (Phi) is 7.13. The van der Waals surface area contributed by atoms with E-state index in [0.29, 0.717) is 0 Å². The predicted molar refractivity (Wildman–Crippen MR) is 69.1 cm³/mol. The van der Waals surface area contributed by atoms with Gasteiger partial charge in [-0.2, -0.15) is 0 Å². The van der Waals surface area contributed by atoms with Gasteiger partial charge in [0.05, 0.1) is 0 Å². The zero-order chi connectivity index (χ0) is 10.9. The fourth-order valence-corrected chi connectivity index (χ4v) is 2.83. The summed E-state index contributed by atoms with van der Waals surface area (Å²) in [5.41, 5.74) is 0. The molecule has 1 atom stereocenters. The zero-order valence-corrected chi connectivity index (χ0v) is 10.9. The molecule has 1 saturated carbocycles. The molecule has 1 fully saturated rings. The molecule has 0 heteroatoms. The Balaban J connectivity index is 2.10. The summed E-state index contributed by atoms with van der Waals surface area (Å²) >= 11 is 0. The molecule has 0 aromatic rings. The van der Waals surface area contributed by atoms with Crippen molar-refractivity contribution in [2.24, 2.45) is 11.8 Å². The fraction of sp³-hybridized carbons (Fsp3) is 1.00. The number of unbranched alkanes of at least 4 members (excludes halogenated alkanes) is 4. The van der Waals surface area contributed by atoms with Gasteiger partial charge >= 0.3 is 0 Å². The van der Waals surface area contributed by atoms with Crippen molar-refractivity contribution in [3.05, 3.63) is 0 Å². The molecule has 0 aromatic carbocycles. The van der Waals surface area contributed by atoms with Crippen LogP contribution in [0.2, 0.25) is 0 Å². The Morgan fingerprint density at radius 2 is 1.53 bits per heavy atom. The first-order valence-electron chi connectivity index (χ1n) is 7.38. The van der Waals surface area contributed by atoms with Crippen LogP contribution in [-0.2, 0) is 0 Å². The molecule has 0 amide bonds. The SMILES string of the molecule is CCCCCCC(CCCC)C1CCC1. The van der Waals surface area contributed by atoms with E-state index in [1.807, 2.05) is 0 Å². The second-order valence-corrected chi connectivity index (χ2v) is 5.44. The molecule has 1 rings (SSSR count). The van der Waals surface area contributed by atoms with Crippen molar-refractivity contribution >= 4 is 0 Å². The van der Waals surface area contributed by atoms with Crippen LogP contribution in [0.1, 0.15) is 84.5 Å². The van der Waals surface area contributed by atoms with E-state index < -0.39 is 0 Å². The molecule has 0 N–H and O–H groups in total. The maximum Gasteiger partial charge on any atom is -0.0386 e. The van der Waals surface area contributed by atoms with Gasteiger partial charge in [0.15, 0.2) is 0 Å². The summed E-state index contributed by atoms with van der Waals surface area (Å²) in [5.74, 6) is 2.22. The van der Waals surface area contributed by atoms with E-state index in [1.54, 1.807) is 12.8 Å². The van der Waals surface area contributed by atoms with Crippen LogP contribution < -0.4 is 0 Å².